The Hall–Kier alpha value is -2.35. The van der Waals surface area contributed by atoms with Crippen LogP contribution in [0.1, 0.15) is 21.5 Å². The molecule has 0 unspecified atom stereocenters. The molecule has 0 fully saturated rings. The number of aryl methyl sites for hydroxylation is 1. The molecule has 0 aliphatic heterocycles. The van der Waals surface area contributed by atoms with E-state index in [4.69, 9.17) is 0 Å². The Kier molecular flexibility index (Phi) is 3.58. The van der Waals surface area contributed by atoms with Gasteiger partial charge < -0.3 is 5.11 Å². The Bertz CT molecular complexity index is 583. The summed E-state index contributed by atoms with van der Waals surface area (Å²) in [6, 6.07) is 14.5. The van der Waals surface area contributed by atoms with Gasteiger partial charge in [0.25, 0.3) is 0 Å². The van der Waals surface area contributed by atoms with Gasteiger partial charge in [-0.2, -0.15) is 0 Å². The van der Waals surface area contributed by atoms with Crippen molar-refractivity contribution in [3.8, 4) is 5.75 Å². The Labute approximate surface area is 106 Å². The van der Waals surface area contributed by atoms with Crippen LogP contribution in [0.3, 0.4) is 0 Å². The van der Waals surface area contributed by atoms with Crippen LogP contribution < -0.4 is 0 Å². The number of rotatable bonds is 3. The van der Waals surface area contributed by atoms with Crippen molar-refractivity contribution in [2.75, 3.05) is 0 Å². The highest BCUT2D eigenvalue weighted by Crippen LogP contribution is 2.22. The molecule has 1 N–H and O–H groups in total. The molecular formula is C16H14O2. The number of phenols is 1. The molecule has 2 aromatic rings. The van der Waals surface area contributed by atoms with Crippen LogP contribution in [-0.2, 0) is 0 Å². The van der Waals surface area contributed by atoms with E-state index in [1.165, 1.54) is 6.08 Å². The minimum absolute atomic E-state index is 0.0727. The molecule has 2 rings (SSSR count). The van der Waals surface area contributed by atoms with E-state index in [0.717, 1.165) is 5.56 Å². The number of aromatic hydroxyl groups is 1. The van der Waals surface area contributed by atoms with Gasteiger partial charge >= 0.3 is 0 Å². The quantitative estimate of drug-likeness (QED) is 0.655. The summed E-state index contributed by atoms with van der Waals surface area (Å²) in [7, 11) is 0. The van der Waals surface area contributed by atoms with Crippen molar-refractivity contribution in [2.45, 2.75) is 6.92 Å². The summed E-state index contributed by atoms with van der Waals surface area (Å²) in [6.07, 6.45) is 3.11. The molecule has 0 saturated carbocycles. The highest BCUT2D eigenvalue weighted by atomic mass is 16.3. The zero-order chi connectivity index (χ0) is 13.0. The number of hydrogen-bond donors (Lipinski definition) is 1. The standard InChI is InChI=1S/C16H14O2/c1-12-6-5-9-14(16(12)18)10-11-15(17)13-7-3-2-4-8-13/h2-11,18H,1H3/b11-10+. The van der Waals surface area contributed by atoms with E-state index in [1.807, 2.05) is 37.3 Å². The summed E-state index contributed by atoms with van der Waals surface area (Å²) in [5.41, 5.74) is 2.09. The van der Waals surface area contributed by atoms with Gasteiger partial charge in [-0.25, -0.2) is 0 Å². The van der Waals surface area contributed by atoms with Gasteiger partial charge in [0, 0.05) is 11.1 Å². The van der Waals surface area contributed by atoms with E-state index in [1.54, 1.807) is 24.3 Å². The van der Waals surface area contributed by atoms with Crippen molar-refractivity contribution in [1.82, 2.24) is 0 Å². The maximum atomic E-state index is 11.8. The zero-order valence-corrected chi connectivity index (χ0v) is 10.1. The van der Waals surface area contributed by atoms with Gasteiger partial charge in [-0.15, -0.1) is 0 Å². The monoisotopic (exact) mass is 238 g/mol. The van der Waals surface area contributed by atoms with Gasteiger partial charge in [0.2, 0.25) is 0 Å². The minimum atomic E-state index is -0.0727. The molecule has 0 amide bonds. The van der Waals surface area contributed by atoms with Crippen LogP contribution in [0.5, 0.6) is 5.75 Å². The van der Waals surface area contributed by atoms with Gasteiger partial charge in [-0.1, -0.05) is 48.5 Å². The topological polar surface area (TPSA) is 37.3 Å². The lowest BCUT2D eigenvalue weighted by molar-refractivity contribution is 0.104. The Morgan fingerprint density at radius 2 is 1.78 bits per heavy atom. The second-order valence-corrected chi connectivity index (χ2v) is 4.08. The maximum Gasteiger partial charge on any atom is 0.185 e. The predicted octanol–water partition coefficient (Wildman–Crippen LogP) is 3.60. The Balaban J connectivity index is 2.22. The smallest absolute Gasteiger partial charge is 0.185 e. The summed E-state index contributed by atoms with van der Waals surface area (Å²) in [6.45, 7) is 1.83. The summed E-state index contributed by atoms with van der Waals surface area (Å²) in [5.74, 6) is 0.145. The average molecular weight is 238 g/mol. The fourth-order valence-electron chi connectivity index (χ4n) is 1.68. The van der Waals surface area contributed by atoms with Crippen LogP contribution in [0.25, 0.3) is 6.08 Å². The summed E-state index contributed by atoms with van der Waals surface area (Å²) < 4.78 is 0. The molecule has 18 heavy (non-hydrogen) atoms. The number of para-hydroxylation sites is 1. The molecule has 0 bridgehead atoms. The molecule has 0 spiro atoms. The van der Waals surface area contributed by atoms with Crippen molar-refractivity contribution in [2.24, 2.45) is 0 Å². The van der Waals surface area contributed by atoms with Gasteiger partial charge in [0.05, 0.1) is 0 Å². The lowest BCUT2D eigenvalue weighted by Gasteiger charge is -2.01. The number of allylic oxidation sites excluding steroid dienone is 1. The third-order valence-electron chi connectivity index (χ3n) is 2.74. The Morgan fingerprint density at radius 1 is 1.06 bits per heavy atom. The molecule has 0 aliphatic rings. The third-order valence-corrected chi connectivity index (χ3v) is 2.74. The number of ketones is 1. The molecule has 0 aromatic heterocycles. The second kappa shape index (κ2) is 5.32. The van der Waals surface area contributed by atoms with Crippen molar-refractivity contribution >= 4 is 11.9 Å². The maximum absolute atomic E-state index is 11.8. The second-order valence-electron chi connectivity index (χ2n) is 4.08. The van der Waals surface area contributed by atoms with Gasteiger partial charge in [0.15, 0.2) is 5.78 Å². The lowest BCUT2D eigenvalue weighted by Crippen LogP contribution is -1.92. The number of benzene rings is 2. The van der Waals surface area contributed by atoms with E-state index in [2.05, 4.69) is 0 Å². The summed E-state index contributed by atoms with van der Waals surface area (Å²) in [4.78, 5) is 11.8. The molecule has 0 atom stereocenters. The largest absolute Gasteiger partial charge is 0.507 e. The summed E-state index contributed by atoms with van der Waals surface area (Å²) in [5, 5.41) is 9.82. The van der Waals surface area contributed by atoms with Crippen molar-refractivity contribution in [1.29, 1.82) is 0 Å². The van der Waals surface area contributed by atoms with Crippen LogP contribution in [0.4, 0.5) is 0 Å². The van der Waals surface area contributed by atoms with Crippen LogP contribution in [-0.4, -0.2) is 10.9 Å². The van der Waals surface area contributed by atoms with Crippen LogP contribution in [0.2, 0.25) is 0 Å². The first kappa shape index (κ1) is 12.1. The fraction of sp³-hybridized carbons (Fsp3) is 0.0625. The average Bonchev–Trinajstić information content (AvgIpc) is 2.41. The number of phenolic OH excluding ortho intramolecular Hbond substituents is 1. The molecule has 0 radical (unpaired) electrons. The number of carbonyl (C=O) groups excluding carboxylic acids is 1. The number of carbonyl (C=O) groups is 1. The molecule has 0 saturated heterocycles. The third kappa shape index (κ3) is 2.66. The molecule has 0 heterocycles. The van der Waals surface area contributed by atoms with Crippen LogP contribution >= 0.6 is 0 Å². The first-order valence-electron chi connectivity index (χ1n) is 5.74. The normalized spacial score (nSPS) is 10.7. The highest BCUT2D eigenvalue weighted by molar-refractivity contribution is 6.06. The van der Waals surface area contributed by atoms with E-state index in [0.29, 0.717) is 11.1 Å². The van der Waals surface area contributed by atoms with Gasteiger partial charge in [0.1, 0.15) is 5.75 Å². The predicted molar refractivity (Wildman–Crippen MR) is 72.7 cm³/mol. The molecule has 90 valence electrons. The molecule has 2 aromatic carbocycles. The van der Waals surface area contributed by atoms with E-state index in [-0.39, 0.29) is 11.5 Å². The van der Waals surface area contributed by atoms with Crippen molar-refractivity contribution in [3.63, 3.8) is 0 Å². The number of hydrogen-bond acceptors (Lipinski definition) is 2. The van der Waals surface area contributed by atoms with Crippen molar-refractivity contribution in [3.05, 3.63) is 71.3 Å². The van der Waals surface area contributed by atoms with E-state index in [9.17, 15) is 9.90 Å². The van der Waals surface area contributed by atoms with E-state index < -0.39 is 0 Å². The fourth-order valence-corrected chi connectivity index (χ4v) is 1.68. The van der Waals surface area contributed by atoms with Crippen LogP contribution in [0.15, 0.2) is 54.6 Å². The van der Waals surface area contributed by atoms with Crippen molar-refractivity contribution < 1.29 is 9.90 Å². The Morgan fingerprint density at radius 3 is 2.50 bits per heavy atom. The molecule has 0 aliphatic carbocycles. The lowest BCUT2D eigenvalue weighted by atomic mass is 10.1. The highest BCUT2D eigenvalue weighted by Gasteiger charge is 2.02. The van der Waals surface area contributed by atoms with Crippen LogP contribution in [0, 0.1) is 6.92 Å². The molecular weight excluding hydrogens is 224 g/mol. The first-order chi connectivity index (χ1) is 8.68. The van der Waals surface area contributed by atoms with Gasteiger partial charge in [-0.05, 0) is 24.6 Å². The molecule has 2 nitrogen and oxygen atoms in total. The zero-order valence-electron chi connectivity index (χ0n) is 10.1. The first-order valence-corrected chi connectivity index (χ1v) is 5.74. The minimum Gasteiger partial charge on any atom is -0.507 e. The summed E-state index contributed by atoms with van der Waals surface area (Å²) >= 11 is 0. The SMILES string of the molecule is Cc1cccc(/C=C/C(=O)c2ccccc2)c1O. The molecule has 2 heteroatoms. The van der Waals surface area contributed by atoms with E-state index >= 15 is 0 Å². The van der Waals surface area contributed by atoms with Gasteiger partial charge in [-0.3, -0.25) is 4.79 Å².